The second kappa shape index (κ2) is 5.57. The Balaban J connectivity index is 2.36. The van der Waals surface area contributed by atoms with Gasteiger partial charge >= 0.3 is 0 Å². The molecule has 0 atom stereocenters. The lowest BCUT2D eigenvalue weighted by Gasteiger charge is -2.10. The summed E-state index contributed by atoms with van der Waals surface area (Å²) in [6, 6.07) is 6.11. The van der Waals surface area contributed by atoms with Crippen LogP contribution in [0.1, 0.15) is 12.5 Å². The molecule has 2 heterocycles. The molecule has 7 heteroatoms. The summed E-state index contributed by atoms with van der Waals surface area (Å²) in [5.74, 6) is 0.486. The van der Waals surface area contributed by atoms with Crippen LogP contribution in [0.4, 0.5) is 0 Å². The molecule has 0 radical (unpaired) electrons. The number of benzene rings is 1. The summed E-state index contributed by atoms with van der Waals surface area (Å²) in [6.45, 7) is 2.11. The number of ether oxygens (including phenoxy) is 1. The first-order chi connectivity index (χ1) is 10.2. The van der Waals surface area contributed by atoms with Gasteiger partial charge in [0, 0.05) is 4.47 Å². The first-order valence-corrected chi connectivity index (χ1v) is 7.64. The number of halogens is 1. The van der Waals surface area contributed by atoms with E-state index in [0.717, 1.165) is 16.6 Å². The summed E-state index contributed by atoms with van der Waals surface area (Å²) in [5, 5.41) is 0. The van der Waals surface area contributed by atoms with Gasteiger partial charge in [-0.15, -0.1) is 0 Å². The third-order valence-corrected chi connectivity index (χ3v) is 4.07. The van der Waals surface area contributed by atoms with Crippen LogP contribution in [0.5, 0.6) is 5.88 Å². The minimum Gasteiger partial charge on any atom is -0.479 e. The SMILES string of the molecule is CCc1cc(Br)ccc1-n1c(=S)[nH]c2c(OC)ncnc21. The van der Waals surface area contributed by atoms with Crippen LogP contribution >= 0.6 is 28.1 Å². The normalized spacial score (nSPS) is 11.0. The maximum Gasteiger partial charge on any atom is 0.242 e. The van der Waals surface area contributed by atoms with Crippen molar-refractivity contribution < 1.29 is 4.74 Å². The van der Waals surface area contributed by atoms with Gasteiger partial charge in [0.25, 0.3) is 0 Å². The van der Waals surface area contributed by atoms with Crippen molar-refractivity contribution >= 4 is 39.3 Å². The van der Waals surface area contributed by atoms with E-state index in [9.17, 15) is 0 Å². The van der Waals surface area contributed by atoms with E-state index in [2.05, 4.69) is 43.9 Å². The molecule has 0 bridgehead atoms. The van der Waals surface area contributed by atoms with Gasteiger partial charge in [0.2, 0.25) is 5.88 Å². The van der Waals surface area contributed by atoms with Crippen LogP contribution in [0.3, 0.4) is 0 Å². The lowest BCUT2D eigenvalue weighted by Crippen LogP contribution is -2.01. The van der Waals surface area contributed by atoms with Gasteiger partial charge in [0.1, 0.15) is 11.8 Å². The Kier molecular flexibility index (Phi) is 3.77. The van der Waals surface area contributed by atoms with E-state index in [4.69, 9.17) is 17.0 Å². The molecule has 0 saturated heterocycles. The smallest absolute Gasteiger partial charge is 0.242 e. The van der Waals surface area contributed by atoms with E-state index in [1.54, 1.807) is 7.11 Å². The van der Waals surface area contributed by atoms with Crippen LogP contribution in [-0.4, -0.2) is 26.6 Å². The molecule has 1 N–H and O–H groups in total. The number of fused-ring (bicyclic) bond motifs is 1. The predicted octanol–water partition coefficient (Wildman–Crippen LogP) is 3.81. The fourth-order valence-corrected chi connectivity index (χ4v) is 3.03. The van der Waals surface area contributed by atoms with Gasteiger partial charge in [0.05, 0.1) is 12.8 Å². The van der Waals surface area contributed by atoms with Gasteiger partial charge in [0.15, 0.2) is 10.4 Å². The molecule has 0 spiro atoms. The van der Waals surface area contributed by atoms with E-state index >= 15 is 0 Å². The number of hydrogen-bond acceptors (Lipinski definition) is 4. The summed E-state index contributed by atoms with van der Waals surface area (Å²) in [4.78, 5) is 11.6. The summed E-state index contributed by atoms with van der Waals surface area (Å²) in [7, 11) is 1.58. The minimum absolute atomic E-state index is 0.486. The Hall–Kier alpha value is -1.73. The number of nitrogens with one attached hydrogen (secondary N) is 1. The molecule has 5 nitrogen and oxygen atoms in total. The van der Waals surface area contributed by atoms with Crippen molar-refractivity contribution in [3.63, 3.8) is 0 Å². The van der Waals surface area contributed by atoms with Crippen LogP contribution in [0.2, 0.25) is 0 Å². The van der Waals surface area contributed by atoms with Crippen LogP contribution < -0.4 is 4.74 Å². The number of rotatable bonds is 3. The van der Waals surface area contributed by atoms with Crippen LogP contribution in [0, 0.1) is 4.77 Å². The topological polar surface area (TPSA) is 55.7 Å². The van der Waals surface area contributed by atoms with E-state index < -0.39 is 0 Å². The van der Waals surface area contributed by atoms with Gasteiger partial charge in [-0.25, -0.2) is 4.98 Å². The molecule has 0 aliphatic rings. The molecule has 0 unspecified atom stereocenters. The molecule has 3 aromatic rings. The number of aromatic nitrogens is 4. The molecular weight excluding hydrogens is 352 g/mol. The standard InChI is InChI=1S/C14H13BrN4OS/c1-3-8-6-9(15)4-5-10(8)19-12-11(18-14(19)21)13(20-2)17-7-16-12/h4-7H,3H2,1-2H3,(H,18,21). The van der Waals surface area contributed by atoms with Crippen molar-refractivity contribution in [3.05, 3.63) is 39.3 Å². The fourth-order valence-electron chi connectivity index (χ4n) is 2.33. The highest BCUT2D eigenvalue weighted by Crippen LogP contribution is 2.27. The zero-order chi connectivity index (χ0) is 15.0. The van der Waals surface area contributed by atoms with Crippen molar-refractivity contribution in [2.75, 3.05) is 7.11 Å². The minimum atomic E-state index is 0.486. The van der Waals surface area contributed by atoms with Gasteiger partial charge in [-0.3, -0.25) is 4.57 Å². The first-order valence-electron chi connectivity index (χ1n) is 6.44. The predicted molar refractivity (Wildman–Crippen MR) is 87.7 cm³/mol. The largest absolute Gasteiger partial charge is 0.479 e. The van der Waals surface area contributed by atoms with Gasteiger partial charge in [-0.05, 0) is 42.4 Å². The molecule has 21 heavy (non-hydrogen) atoms. The number of methoxy groups -OCH3 is 1. The maximum absolute atomic E-state index is 5.46. The van der Waals surface area contributed by atoms with E-state index in [-0.39, 0.29) is 0 Å². The molecule has 0 saturated carbocycles. The van der Waals surface area contributed by atoms with Gasteiger partial charge in [-0.2, -0.15) is 4.98 Å². The molecular formula is C14H13BrN4OS. The highest BCUT2D eigenvalue weighted by atomic mass is 79.9. The molecule has 0 amide bonds. The van der Waals surface area contributed by atoms with Crippen molar-refractivity contribution in [2.45, 2.75) is 13.3 Å². The first kappa shape index (κ1) is 14.2. The molecule has 0 aliphatic heterocycles. The molecule has 3 rings (SSSR count). The summed E-state index contributed by atoms with van der Waals surface area (Å²) < 4.78 is 8.79. The Morgan fingerprint density at radius 2 is 2.19 bits per heavy atom. The number of imidazole rings is 1. The van der Waals surface area contributed by atoms with Crippen molar-refractivity contribution in [1.29, 1.82) is 0 Å². The molecule has 2 aromatic heterocycles. The lowest BCUT2D eigenvalue weighted by molar-refractivity contribution is 0.401. The van der Waals surface area contributed by atoms with E-state index in [1.807, 2.05) is 16.7 Å². The molecule has 108 valence electrons. The molecule has 1 aromatic carbocycles. The molecule has 0 aliphatic carbocycles. The summed E-state index contributed by atoms with van der Waals surface area (Å²) >= 11 is 8.96. The Bertz CT molecular complexity index is 871. The Morgan fingerprint density at radius 1 is 1.38 bits per heavy atom. The highest BCUT2D eigenvalue weighted by Gasteiger charge is 2.14. The number of hydrogen-bond donors (Lipinski definition) is 1. The average Bonchev–Trinajstić information content (AvgIpc) is 2.83. The fraction of sp³-hybridized carbons (Fsp3) is 0.214. The van der Waals surface area contributed by atoms with Crippen molar-refractivity contribution in [2.24, 2.45) is 0 Å². The maximum atomic E-state index is 5.46. The highest BCUT2D eigenvalue weighted by molar-refractivity contribution is 9.10. The monoisotopic (exact) mass is 364 g/mol. The second-order valence-corrected chi connectivity index (χ2v) is 5.78. The summed E-state index contributed by atoms with van der Waals surface area (Å²) in [6.07, 6.45) is 2.37. The van der Waals surface area contributed by atoms with E-state index in [0.29, 0.717) is 21.8 Å². The number of H-pyrrole nitrogens is 1. The average molecular weight is 365 g/mol. The summed E-state index contributed by atoms with van der Waals surface area (Å²) in [5.41, 5.74) is 3.61. The van der Waals surface area contributed by atoms with Gasteiger partial charge < -0.3 is 9.72 Å². The number of aromatic amines is 1. The third kappa shape index (κ3) is 2.36. The van der Waals surface area contributed by atoms with Crippen molar-refractivity contribution in [3.8, 4) is 11.6 Å². The zero-order valence-electron chi connectivity index (χ0n) is 11.6. The van der Waals surface area contributed by atoms with Crippen LogP contribution in [0.25, 0.3) is 16.9 Å². The Labute approximate surface area is 135 Å². The van der Waals surface area contributed by atoms with Crippen molar-refractivity contribution in [1.82, 2.24) is 19.5 Å². The van der Waals surface area contributed by atoms with Crippen LogP contribution in [-0.2, 0) is 6.42 Å². The molecule has 0 fully saturated rings. The van der Waals surface area contributed by atoms with E-state index in [1.165, 1.54) is 11.9 Å². The second-order valence-electron chi connectivity index (χ2n) is 4.47. The van der Waals surface area contributed by atoms with Crippen LogP contribution in [0.15, 0.2) is 29.0 Å². The zero-order valence-corrected chi connectivity index (χ0v) is 14.0. The van der Waals surface area contributed by atoms with Gasteiger partial charge in [-0.1, -0.05) is 22.9 Å². The Morgan fingerprint density at radius 3 is 2.90 bits per heavy atom. The third-order valence-electron chi connectivity index (χ3n) is 3.30. The lowest BCUT2D eigenvalue weighted by atomic mass is 10.1. The quantitative estimate of drug-likeness (QED) is 0.717. The number of aryl methyl sites for hydroxylation is 1. The number of nitrogens with zero attached hydrogens (tertiary/aromatic N) is 3.